The molecule has 1 saturated heterocycles. The van der Waals surface area contributed by atoms with Gasteiger partial charge in [-0.15, -0.1) is 0 Å². The number of rotatable bonds is 9. The average Bonchev–Trinajstić information content (AvgIpc) is 2.65. The number of hydrogen-bond donors (Lipinski definition) is 1. The lowest BCUT2D eigenvalue weighted by molar-refractivity contribution is -0.127. The van der Waals surface area contributed by atoms with Crippen LogP contribution in [0.2, 0.25) is 0 Å². The number of nitrogens with one attached hydrogen (secondary N) is 1. The third-order valence-electron chi connectivity index (χ3n) is 3.26. The van der Waals surface area contributed by atoms with Crippen molar-refractivity contribution in [2.45, 2.75) is 32.6 Å². The predicted molar refractivity (Wildman–Crippen MR) is 69.0 cm³/mol. The maximum atomic E-state index is 11.7. The summed E-state index contributed by atoms with van der Waals surface area (Å²) in [6, 6.07) is 0. The van der Waals surface area contributed by atoms with Crippen LogP contribution in [0.15, 0.2) is 0 Å². The van der Waals surface area contributed by atoms with Crippen molar-refractivity contribution in [2.75, 3.05) is 39.9 Å². The molecule has 0 saturated carbocycles. The molecule has 0 radical (unpaired) electrons. The Bertz CT molecular complexity index is 221. The smallest absolute Gasteiger partial charge is 0.222 e. The molecule has 0 spiro atoms. The summed E-state index contributed by atoms with van der Waals surface area (Å²) in [4.78, 5) is 13.7. The Labute approximate surface area is 105 Å². The van der Waals surface area contributed by atoms with E-state index in [0.29, 0.717) is 11.8 Å². The van der Waals surface area contributed by atoms with E-state index >= 15 is 0 Å². The first-order chi connectivity index (χ1) is 8.27. The van der Waals surface area contributed by atoms with Gasteiger partial charge in [0, 0.05) is 33.2 Å². The van der Waals surface area contributed by atoms with Crippen LogP contribution in [-0.4, -0.2) is 50.7 Å². The number of nitrogens with zero attached hydrogens (tertiary/aromatic N) is 1. The summed E-state index contributed by atoms with van der Waals surface area (Å²) in [5.74, 6) is 0.953. The average molecular weight is 242 g/mol. The minimum atomic E-state index is 0.348. The summed E-state index contributed by atoms with van der Waals surface area (Å²) in [7, 11) is 1.71. The van der Waals surface area contributed by atoms with Gasteiger partial charge in [0.1, 0.15) is 0 Å². The van der Waals surface area contributed by atoms with Gasteiger partial charge in [0.05, 0.1) is 6.61 Å². The Balaban J connectivity index is 2.05. The molecule has 0 aliphatic carbocycles. The van der Waals surface area contributed by atoms with Crippen LogP contribution in [0.3, 0.4) is 0 Å². The number of amides is 1. The lowest BCUT2D eigenvalue weighted by Crippen LogP contribution is -2.29. The van der Waals surface area contributed by atoms with E-state index in [4.69, 9.17) is 4.74 Å². The second kappa shape index (κ2) is 8.48. The van der Waals surface area contributed by atoms with Crippen molar-refractivity contribution in [3.8, 4) is 0 Å². The molecule has 1 N–H and O–H groups in total. The summed E-state index contributed by atoms with van der Waals surface area (Å²) in [5.41, 5.74) is 0. The van der Waals surface area contributed by atoms with Crippen LogP contribution < -0.4 is 5.32 Å². The lowest BCUT2D eigenvalue weighted by atomic mass is 10.0. The van der Waals surface area contributed by atoms with E-state index in [1.54, 1.807) is 7.11 Å². The summed E-state index contributed by atoms with van der Waals surface area (Å²) < 4.78 is 4.95. The van der Waals surface area contributed by atoms with E-state index in [2.05, 4.69) is 12.2 Å². The fourth-order valence-electron chi connectivity index (χ4n) is 2.37. The highest BCUT2D eigenvalue weighted by molar-refractivity contribution is 5.78. The summed E-state index contributed by atoms with van der Waals surface area (Å²) in [5, 5.41) is 3.30. The number of hydrogen-bond acceptors (Lipinski definition) is 3. The molecule has 0 aromatic rings. The Morgan fingerprint density at radius 3 is 3.00 bits per heavy atom. The molecular formula is C13H26N2O2. The fraction of sp³-hybridized carbons (Fsp3) is 0.923. The molecule has 1 aliphatic rings. The number of methoxy groups -OCH3 is 1. The van der Waals surface area contributed by atoms with Crippen molar-refractivity contribution in [1.82, 2.24) is 10.2 Å². The minimum Gasteiger partial charge on any atom is -0.383 e. The van der Waals surface area contributed by atoms with Crippen LogP contribution in [0.4, 0.5) is 0 Å². The monoisotopic (exact) mass is 242 g/mol. The molecule has 1 unspecified atom stereocenters. The van der Waals surface area contributed by atoms with Crippen molar-refractivity contribution < 1.29 is 9.53 Å². The molecule has 1 rings (SSSR count). The van der Waals surface area contributed by atoms with Gasteiger partial charge in [0.2, 0.25) is 5.91 Å². The lowest BCUT2D eigenvalue weighted by Gasteiger charge is -2.16. The van der Waals surface area contributed by atoms with Gasteiger partial charge in [-0.3, -0.25) is 4.79 Å². The number of likely N-dealkylation sites (tertiary alicyclic amines) is 1. The second-order valence-electron chi connectivity index (χ2n) is 4.79. The molecular weight excluding hydrogens is 216 g/mol. The molecule has 1 aliphatic heterocycles. The van der Waals surface area contributed by atoms with E-state index < -0.39 is 0 Å². The first kappa shape index (κ1) is 14.5. The molecule has 100 valence electrons. The molecule has 1 fully saturated rings. The van der Waals surface area contributed by atoms with Gasteiger partial charge in [0.25, 0.3) is 0 Å². The Morgan fingerprint density at radius 2 is 2.29 bits per heavy atom. The van der Waals surface area contributed by atoms with Gasteiger partial charge in [-0.1, -0.05) is 13.3 Å². The van der Waals surface area contributed by atoms with Crippen molar-refractivity contribution in [3.63, 3.8) is 0 Å². The Morgan fingerprint density at radius 1 is 1.47 bits per heavy atom. The molecule has 17 heavy (non-hydrogen) atoms. The molecule has 1 heterocycles. The Kier molecular flexibility index (Phi) is 7.21. The molecule has 0 aromatic heterocycles. The van der Waals surface area contributed by atoms with Crippen LogP contribution >= 0.6 is 0 Å². The highest BCUT2D eigenvalue weighted by atomic mass is 16.5. The van der Waals surface area contributed by atoms with Crippen molar-refractivity contribution in [1.29, 1.82) is 0 Å². The predicted octanol–water partition coefficient (Wildman–Crippen LogP) is 1.26. The molecule has 4 nitrogen and oxygen atoms in total. The van der Waals surface area contributed by atoms with Crippen LogP contribution in [0, 0.1) is 5.92 Å². The third-order valence-corrected chi connectivity index (χ3v) is 3.26. The van der Waals surface area contributed by atoms with E-state index in [1.165, 1.54) is 12.8 Å². The third kappa shape index (κ3) is 5.50. The first-order valence-corrected chi connectivity index (χ1v) is 6.75. The second-order valence-corrected chi connectivity index (χ2v) is 4.79. The standard InChI is InChI=1S/C13H26N2O2/c1-3-5-12-10-13(16)15(11-12)8-4-6-14-7-9-17-2/h12,14H,3-11H2,1-2H3. The molecule has 4 heteroatoms. The molecule has 1 atom stereocenters. The van der Waals surface area contributed by atoms with Gasteiger partial charge in [0.15, 0.2) is 0 Å². The maximum absolute atomic E-state index is 11.7. The van der Waals surface area contributed by atoms with Crippen LogP contribution in [0.25, 0.3) is 0 Å². The zero-order valence-corrected chi connectivity index (χ0v) is 11.2. The zero-order valence-electron chi connectivity index (χ0n) is 11.2. The van der Waals surface area contributed by atoms with Crippen LogP contribution in [-0.2, 0) is 9.53 Å². The summed E-state index contributed by atoms with van der Waals surface area (Å²) in [6.45, 7) is 6.67. The van der Waals surface area contributed by atoms with Crippen molar-refractivity contribution in [2.24, 2.45) is 5.92 Å². The maximum Gasteiger partial charge on any atom is 0.222 e. The summed E-state index contributed by atoms with van der Waals surface area (Å²) >= 11 is 0. The van der Waals surface area contributed by atoms with E-state index in [1.807, 2.05) is 4.90 Å². The first-order valence-electron chi connectivity index (χ1n) is 6.75. The number of ether oxygens (including phenoxy) is 1. The zero-order chi connectivity index (χ0) is 12.5. The fourth-order valence-corrected chi connectivity index (χ4v) is 2.37. The van der Waals surface area contributed by atoms with Crippen LogP contribution in [0.1, 0.15) is 32.6 Å². The highest BCUT2D eigenvalue weighted by Gasteiger charge is 2.27. The van der Waals surface area contributed by atoms with E-state index in [-0.39, 0.29) is 0 Å². The van der Waals surface area contributed by atoms with Crippen molar-refractivity contribution in [3.05, 3.63) is 0 Å². The number of carbonyl (C=O) groups is 1. The highest BCUT2D eigenvalue weighted by Crippen LogP contribution is 2.21. The van der Waals surface area contributed by atoms with Crippen LogP contribution in [0.5, 0.6) is 0 Å². The van der Waals surface area contributed by atoms with Gasteiger partial charge in [-0.05, 0) is 25.3 Å². The van der Waals surface area contributed by atoms with Gasteiger partial charge >= 0.3 is 0 Å². The van der Waals surface area contributed by atoms with Gasteiger partial charge < -0.3 is 15.0 Å². The molecule has 0 aromatic carbocycles. The topological polar surface area (TPSA) is 41.6 Å². The Hall–Kier alpha value is -0.610. The van der Waals surface area contributed by atoms with Gasteiger partial charge in [-0.25, -0.2) is 0 Å². The number of carbonyl (C=O) groups excluding carboxylic acids is 1. The van der Waals surface area contributed by atoms with Gasteiger partial charge in [-0.2, -0.15) is 0 Å². The minimum absolute atomic E-state index is 0.348. The molecule has 0 bridgehead atoms. The van der Waals surface area contributed by atoms with Crippen molar-refractivity contribution >= 4 is 5.91 Å². The summed E-state index contributed by atoms with van der Waals surface area (Å²) in [6.07, 6.45) is 4.18. The molecule has 1 amide bonds. The SMILES string of the molecule is CCCC1CC(=O)N(CCCNCCOC)C1. The van der Waals surface area contributed by atoms with E-state index in [0.717, 1.165) is 45.6 Å². The van der Waals surface area contributed by atoms with E-state index in [9.17, 15) is 4.79 Å². The quantitative estimate of drug-likeness (QED) is 0.619. The largest absolute Gasteiger partial charge is 0.383 e. The normalized spacial score (nSPS) is 20.2.